The zero-order valence-corrected chi connectivity index (χ0v) is 8.46. The number of esters is 1. The maximum atomic E-state index is 11.1. The van der Waals surface area contributed by atoms with Crippen molar-refractivity contribution in [1.29, 1.82) is 0 Å². The fraction of sp³-hybridized carbons (Fsp3) is 0.889. The van der Waals surface area contributed by atoms with E-state index in [-0.39, 0.29) is 12.1 Å². The number of ether oxygens (including phenoxy) is 1. The van der Waals surface area contributed by atoms with E-state index in [2.05, 4.69) is 0 Å². The number of carbonyl (C=O) groups excluding carboxylic acids is 1. The van der Waals surface area contributed by atoms with Crippen LogP contribution >= 0.6 is 0 Å². The second-order valence-electron chi connectivity index (χ2n) is 3.26. The number of hydrogen-bond acceptors (Lipinski definition) is 3. The Labute approximate surface area is 74.7 Å². The van der Waals surface area contributed by atoms with E-state index >= 15 is 0 Å². The van der Waals surface area contributed by atoms with Crippen LogP contribution in [0.4, 0.5) is 0 Å². The number of rotatable bonds is 5. The van der Waals surface area contributed by atoms with Gasteiger partial charge in [0.25, 0.3) is 0 Å². The standard InChI is InChI=1S/C9H19NO2/c1-5-8(2)12-9(11)6-7-10(3)4/h8H,5-7H2,1-4H3. The molecule has 0 rings (SSSR count). The number of nitrogens with zero attached hydrogens (tertiary/aromatic N) is 1. The summed E-state index contributed by atoms with van der Waals surface area (Å²) >= 11 is 0. The zero-order valence-electron chi connectivity index (χ0n) is 8.46. The molecule has 0 aliphatic carbocycles. The maximum absolute atomic E-state index is 11.1. The third-order valence-corrected chi connectivity index (χ3v) is 1.67. The summed E-state index contributed by atoms with van der Waals surface area (Å²) in [6.45, 7) is 4.67. The van der Waals surface area contributed by atoms with E-state index in [1.165, 1.54) is 0 Å². The van der Waals surface area contributed by atoms with Gasteiger partial charge in [0.2, 0.25) is 0 Å². The molecule has 3 nitrogen and oxygen atoms in total. The predicted molar refractivity (Wildman–Crippen MR) is 49.0 cm³/mol. The van der Waals surface area contributed by atoms with E-state index in [9.17, 15) is 4.79 Å². The van der Waals surface area contributed by atoms with Gasteiger partial charge >= 0.3 is 5.97 Å². The second kappa shape index (κ2) is 6.00. The topological polar surface area (TPSA) is 29.5 Å². The molecule has 0 aromatic rings. The van der Waals surface area contributed by atoms with Crippen LogP contribution in [-0.2, 0) is 9.53 Å². The first-order valence-corrected chi connectivity index (χ1v) is 4.40. The molecule has 0 bridgehead atoms. The van der Waals surface area contributed by atoms with Crippen LogP contribution in [-0.4, -0.2) is 37.6 Å². The lowest BCUT2D eigenvalue weighted by Gasteiger charge is -2.12. The molecule has 0 saturated carbocycles. The molecule has 0 aromatic heterocycles. The highest BCUT2D eigenvalue weighted by Crippen LogP contribution is 1.98. The smallest absolute Gasteiger partial charge is 0.307 e. The fourth-order valence-electron chi connectivity index (χ4n) is 0.682. The van der Waals surface area contributed by atoms with Crippen LogP contribution in [0, 0.1) is 0 Å². The van der Waals surface area contributed by atoms with E-state index < -0.39 is 0 Å². The minimum atomic E-state index is -0.0990. The molecular formula is C9H19NO2. The third-order valence-electron chi connectivity index (χ3n) is 1.67. The maximum Gasteiger partial charge on any atom is 0.307 e. The van der Waals surface area contributed by atoms with Gasteiger partial charge in [-0.25, -0.2) is 0 Å². The average Bonchev–Trinajstić information content (AvgIpc) is 2.00. The molecule has 12 heavy (non-hydrogen) atoms. The highest BCUT2D eigenvalue weighted by molar-refractivity contribution is 5.69. The molecule has 3 heteroatoms. The minimum absolute atomic E-state index is 0.0552. The van der Waals surface area contributed by atoms with Crippen molar-refractivity contribution < 1.29 is 9.53 Å². The van der Waals surface area contributed by atoms with Gasteiger partial charge in [0, 0.05) is 6.54 Å². The van der Waals surface area contributed by atoms with Crippen LogP contribution in [0.5, 0.6) is 0 Å². The van der Waals surface area contributed by atoms with Gasteiger partial charge in [0.05, 0.1) is 12.5 Å². The Hall–Kier alpha value is -0.570. The lowest BCUT2D eigenvalue weighted by molar-refractivity contribution is -0.148. The SMILES string of the molecule is CCC(C)OC(=O)CCN(C)C. The van der Waals surface area contributed by atoms with Crippen LogP contribution in [0.1, 0.15) is 26.7 Å². The normalized spacial score (nSPS) is 13.1. The Morgan fingerprint density at radius 3 is 2.50 bits per heavy atom. The molecule has 0 saturated heterocycles. The molecule has 72 valence electrons. The average molecular weight is 173 g/mol. The van der Waals surface area contributed by atoms with Crippen molar-refractivity contribution in [3.05, 3.63) is 0 Å². The quantitative estimate of drug-likeness (QED) is 0.586. The van der Waals surface area contributed by atoms with Crippen LogP contribution in [0.2, 0.25) is 0 Å². The van der Waals surface area contributed by atoms with Gasteiger partial charge in [0.15, 0.2) is 0 Å². The first-order valence-electron chi connectivity index (χ1n) is 4.40. The summed E-state index contributed by atoms with van der Waals surface area (Å²) in [6, 6.07) is 0. The highest BCUT2D eigenvalue weighted by atomic mass is 16.5. The van der Waals surface area contributed by atoms with Crippen LogP contribution in [0.25, 0.3) is 0 Å². The van der Waals surface area contributed by atoms with Crippen molar-refractivity contribution in [2.45, 2.75) is 32.8 Å². The summed E-state index contributed by atoms with van der Waals surface area (Å²) in [5.41, 5.74) is 0. The summed E-state index contributed by atoms with van der Waals surface area (Å²) in [6.07, 6.45) is 1.42. The van der Waals surface area contributed by atoms with Gasteiger partial charge in [-0.3, -0.25) is 4.79 Å². The molecule has 0 aliphatic heterocycles. The monoisotopic (exact) mass is 173 g/mol. The van der Waals surface area contributed by atoms with Gasteiger partial charge in [0.1, 0.15) is 0 Å². The van der Waals surface area contributed by atoms with Crippen molar-refractivity contribution in [3.63, 3.8) is 0 Å². The minimum Gasteiger partial charge on any atom is -0.463 e. The van der Waals surface area contributed by atoms with Crippen molar-refractivity contribution in [3.8, 4) is 0 Å². The van der Waals surface area contributed by atoms with Crippen molar-refractivity contribution in [2.75, 3.05) is 20.6 Å². The number of carbonyl (C=O) groups is 1. The summed E-state index contributed by atoms with van der Waals surface area (Å²) in [4.78, 5) is 13.0. The molecule has 0 aliphatic rings. The molecule has 0 radical (unpaired) electrons. The first kappa shape index (κ1) is 11.4. The van der Waals surface area contributed by atoms with E-state index in [0.29, 0.717) is 6.42 Å². The molecule has 0 N–H and O–H groups in total. The summed E-state index contributed by atoms with van der Waals surface area (Å²) in [7, 11) is 3.88. The summed E-state index contributed by atoms with van der Waals surface area (Å²) in [5.74, 6) is -0.0990. The summed E-state index contributed by atoms with van der Waals surface area (Å²) < 4.78 is 5.08. The molecule has 0 amide bonds. The third kappa shape index (κ3) is 6.16. The van der Waals surface area contributed by atoms with Crippen LogP contribution < -0.4 is 0 Å². The van der Waals surface area contributed by atoms with Gasteiger partial charge in [-0.05, 0) is 27.4 Å². The van der Waals surface area contributed by atoms with Crippen molar-refractivity contribution in [1.82, 2.24) is 4.90 Å². The first-order chi connectivity index (χ1) is 5.56. The Morgan fingerprint density at radius 1 is 1.50 bits per heavy atom. The van der Waals surface area contributed by atoms with E-state index in [4.69, 9.17) is 4.74 Å². The van der Waals surface area contributed by atoms with E-state index in [0.717, 1.165) is 13.0 Å². The Morgan fingerprint density at radius 2 is 2.08 bits per heavy atom. The Kier molecular flexibility index (Phi) is 5.72. The fourth-order valence-corrected chi connectivity index (χ4v) is 0.682. The molecule has 0 fully saturated rings. The molecule has 0 heterocycles. The molecular weight excluding hydrogens is 154 g/mol. The van der Waals surface area contributed by atoms with Crippen molar-refractivity contribution >= 4 is 5.97 Å². The Balaban J connectivity index is 3.46. The molecule has 0 aromatic carbocycles. The zero-order chi connectivity index (χ0) is 9.56. The highest BCUT2D eigenvalue weighted by Gasteiger charge is 2.07. The number of hydrogen-bond donors (Lipinski definition) is 0. The lowest BCUT2D eigenvalue weighted by atomic mass is 10.3. The van der Waals surface area contributed by atoms with Crippen LogP contribution in [0.15, 0.2) is 0 Å². The van der Waals surface area contributed by atoms with Crippen LogP contribution in [0.3, 0.4) is 0 Å². The van der Waals surface area contributed by atoms with Gasteiger partial charge in [-0.1, -0.05) is 6.92 Å². The van der Waals surface area contributed by atoms with Gasteiger partial charge in [-0.15, -0.1) is 0 Å². The largest absolute Gasteiger partial charge is 0.463 e. The molecule has 0 spiro atoms. The predicted octanol–water partition coefficient (Wildman–Crippen LogP) is 1.28. The molecule has 1 atom stereocenters. The van der Waals surface area contributed by atoms with Gasteiger partial charge < -0.3 is 9.64 Å². The van der Waals surface area contributed by atoms with E-state index in [1.54, 1.807) is 0 Å². The lowest BCUT2D eigenvalue weighted by Crippen LogP contribution is -2.20. The van der Waals surface area contributed by atoms with Crippen molar-refractivity contribution in [2.24, 2.45) is 0 Å². The molecule has 1 unspecified atom stereocenters. The summed E-state index contributed by atoms with van der Waals surface area (Å²) in [5, 5.41) is 0. The Bertz CT molecular complexity index is 134. The second-order valence-corrected chi connectivity index (χ2v) is 3.26. The van der Waals surface area contributed by atoms with Gasteiger partial charge in [-0.2, -0.15) is 0 Å². The van der Waals surface area contributed by atoms with E-state index in [1.807, 2.05) is 32.8 Å².